The second kappa shape index (κ2) is 6.57. The first-order chi connectivity index (χ1) is 11.7. The molecule has 0 spiro atoms. The molecule has 0 atom stereocenters. The van der Waals surface area contributed by atoms with Gasteiger partial charge in [0.25, 0.3) is 0 Å². The van der Waals surface area contributed by atoms with E-state index in [1.54, 1.807) is 6.20 Å². The summed E-state index contributed by atoms with van der Waals surface area (Å²) in [4.78, 5) is 2.98. The van der Waals surface area contributed by atoms with Crippen LogP contribution in [0.2, 0.25) is 0 Å². The number of hydrogen-bond acceptors (Lipinski definition) is 4. The Balaban J connectivity index is 1.84. The van der Waals surface area contributed by atoms with Crippen molar-refractivity contribution in [3.63, 3.8) is 0 Å². The molecule has 0 radical (unpaired) electrons. The fourth-order valence-electron chi connectivity index (χ4n) is 2.65. The topological polar surface area (TPSA) is 59.4 Å². The summed E-state index contributed by atoms with van der Waals surface area (Å²) in [7, 11) is -0.548. The van der Waals surface area contributed by atoms with E-state index in [0.29, 0.717) is 10.2 Å². The van der Waals surface area contributed by atoms with Crippen LogP contribution in [0.15, 0.2) is 42.1 Å². The molecule has 7 heteroatoms. The Morgan fingerprint density at radius 3 is 2.28 bits per heavy atom. The van der Waals surface area contributed by atoms with E-state index in [1.165, 1.54) is 0 Å². The van der Waals surface area contributed by atoms with Crippen molar-refractivity contribution in [3.8, 4) is 5.69 Å². The number of benzene rings is 1. The summed E-state index contributed by atoms with van der Waals surface area (Å²) in [5.74, 6) is 0. The summed E-state index contributed by atoms with van der Waals surface area (Å²) < 4.78 is 14.6. The maximum absolute atomic E-state index is 9.78. The number of aromatic amines is 1. The highest BCUT2D eigenvalue weighted by molar-refractivity contribution is 7.71. The molecular weight excluding hydrogens is 335 g/mol. The highest BCUT2D eigenvalue weighted by Gasteiger charge is 2.52. The molecule has 1 aromatic heterocycles. The minimum atomic E-state index is -0.548. The van der Waals surface area contributed by atoms with Crippen LogP contribution in [0.1, 0.15) is 33.3 Å². The normalized spacial score (nSPS) is 19.4. The third-order valence-corrected chi connectivity index (χ3v) is 5.23. The van der Waals surface area contributed by atoms with Crippen LogP contribution in [0.3, 0.4) is 0 Å². The SMILES string of the molecule is CC1(C)OB(C(=Cc2ccc(-n3cc[nH]c3=S)cc2)CO)OC1(C)C. The Bertz CT molecular complexity index is 821. The molecule has 1 fully saturated rings. The van der Waals surface area contributed by atoms with Gasteiger partial charge in [-0.15, -0.1) is 0 Å². The fraction of sp³-hybridized carbons (Fsp3) is 0.389. The molecule has 0 amide bonds. The molecule has 2 heterocycles. The molecule has 2 aromatic rings. The van der Waals surface area contributed by atoms with Gasteiger partial charge in [-0.2, -0.15) is 0 Å². The lowest BCUT2D eigenvalue weighted by Crippen LogP contribution is -2.41. The molecule has 3 rings (SSSR count). The smallest absolute Gasteiger partial charge is 0.400 e. The monoisotopic (exact) mass is 358 g/mol. The first-order valence-electron chi connectivity index (χ1n) is 8.27. The van der Waals surface area contributed by atoms with Gasteiger partial charge in [0.05, 0.1) is 17.8 Å². The Hall–Kier alpha value is -1.67. The molecule has 2 N–H and O–H groups in total. The highest BCUT2D eigenvalue weighted by Crippen LogP contribution is 2.38. The number of nitrogens with one attached hydrogen (secondary N) is 1. The Morgan fingerprint density at radius 1 is 1.20 bits per heavy atom. The van der Waals surface area contributed by atoms with E-state index < -0.39 is 18.3 Å². The van der Waals surface area contributed by atoms with Gasteiger partial charge in [-0.25, -0.2) is 0 Å². The van der Waals surface area contributed by atoms with E-state index in [1.807, 2.05) is 68.8 Å². The number of rotatable bonds is 4. The number of H-pyrrole nitrogens is 1. The number of hydrogen-bond donors (Lipinski definition) is 2. The van der Waals surface area contributed by atoms with Gasteiger partial charge in [0, 0.05) is 18.1 Å². The van der Waals surface area contributed by atoms with Gasteiger partial charge in [0.15, 0.2) is 4.77 Å². The van der Waals surface area contributed by atoms with Gasteiger partial charge in [-0.05, 0) is 63.1 Å². The maximum atomic E-state index is 9.78. The summed E-state index contributed by atoms with van der Waals surface area (Å²) in [6.45, 7) is 7.87. The maximum Gasteiger partial charge on any atom is 0.492 e. The van der Waals surface area contributed by atoms with Crippen LogP contribution in [0.5, 0.6) is 0 Å². The van der Waals surface area contributed by atoms with Crippen LogP contribution in [0, 0.1) is 4.77 Å². The lowest BCUT2D eigenvalue weighted by atomic mass is 9.77. The van der Waals surface area contributed by atoms with Crippen LogP contribution in [-0.2, 0) is 9.31 Å². The third kappa shape index (κ3) is 3.50. The van der Waals surface area contributed by atoms with Gasteiger partial charge in [-0.3, -0.25) is 4.57 Å². The molecule has 1 aromatic carbocycles. The van der Waals surface area contributed by atoms with Gasteiger partial charge < -0.3 is 19.4 Å². The molecule has 0 bridgehead atoms. The number of nitrogens with zero attached hydrogens (tertiary/aromatic N) is 1. The Morgan fingerprint density at radius 2 is 1.80 bits per heavy atom. The summed E-state index contributed by atoms with van der Waals surface area (Å²) >= 11 is 5.23. The minimum Gasteiger partial charge on any atom is -0.400 e. The van der Waals surface area contributed by atoms with Crippen molar-refractivity contribution in [1.29, 1.82) is 0 Å². The average molecular weight is 358 g/mol. The molecule has 1 aliphatic heterocycles. The van der Waals surface area contributed by atoms with E-state index in [4.69, 9.17) is 21.5 Å². The Kier molecular flexibility index (Phi) is 4.77. The average Bonchev–Trinajstić information content (AvgIpc) is 3.06. The van der Waals surface area contributed by atoms with Crippen LogP contribution < -0.4 is 0 Å². The van der Waals surface area contributed by atoms with Crippen LogP contribution in [-0.4, -0.2) is 39.6 Å². The van der Waals surface area contributed by atoms with Crippen molar-refractivity contribution < 1.29 is 14.4 Å². The highest BCUT2D eigenvalue weighted by atomic mass is 32.1. The van der Waals surface area contributed by atoms with E-state index in [-0.39, 0.29) is 6.61 Å². The van der Waals surface area contributed by atoms with Crippen molar-refractivity contribution in [1.82, 2.24) is 9.55 Å². The fourth-order valence-corrected chi connectivity index (χ4v) is 2.89. The van der Waals surface area contributed by atoms with Gasteiger partial charge >= 0.3 is 7.12 Å². The lowest BCUT2D eigenvalue weighted by Gasteiger charge is -2.32. The molecule has 0 aliphatic carbocycles. The van der Waals surface area contributed by atoms with Crippen molar-refractivity contribution in [2.45, 2.75) is 38.9 Å². The van der Waals surface area contributed by atoms with Crippen LogP contribution >= 0.6 is 12.2 Å². The second-order valence-electron chi connectivity index (χ2n) is 7.19. The van der Waals surface area contributed by atoms with Crippen LogP contribution in [0.25, 0.3) is 11.8 Å². The molecule has 1 saturated heterocycles. The van der Waals surface area contributed by atoms with Crippen molar-refractivity contribution in [3.05, 3.63) is 52.5 Å². The summed E-state index contributed by atoms with van der Waals surface area (Å²) in [6, 6.07) is 7.92. The van der Waals surface area contributed by atoms with E-state index in [0.717, 1.165) is 11.3 Å². The second-order valence-corrected chi connectivity index (χ2v) is 7.58. The zero-order chi connectivity index (χ0) is 18.2. The zero-order valence-corrected chi connectivity index (χ0v) is 15.8. The quantitative estimate of drug-likeness (QED) is 0.648. The van der Waals surface area contributed by atoms with Crippen molar-refractivity contribution in [2.24, 2.45) is 0 Å². The number of aliphatic hydroxyl groups excluding tert-OH is 1. The third-order valence-electron chi connectivity index (χ3n) is 4.91. The molecule has 1 aliphatic rings. The largest absolute Gasteiger partial charge is 0.492 e. The van der Waals surface area contributed by atoms with Crippen molar-refractivity contribution >= 4 is 25.4 Å². The molecule has 5 nitrogen and oxygen atoms in total. The zero-order valence-electron chi connectivity index (χ0n) is 14.9. The minimum absolute atomic E-state index is 0.124. The summed E-state index contributed by atoms with van der Waals surface area (Å²) in [5.41, 5.74) is 1.78. The van der Waals surface area contributed by atoms with Crippen LogP contribution in [0.4, 0.5) is 0 Å². The predicted molar refractivity (Wildman–Crippen MR) is 102 cm³/mol. The van der Waals surface area contributed by atoms with E-state index >= 15 is 0 Å². The standard InChI is InChI=1S/C18H23BN2O3S/c1-17(2)18(3,4)24-19(23-17)14(12-22)11-13-5-7-15(8-6-13)21-10-9-20-16(21)25/h5-11,22H,12H2,1-4H3,(H,20,25). The van der Waals surface area contributed by atoms with Gasteiger partial charge in [0.2, 0.25) is 0 Å². The van der Waals surface area contributed by atoms with Gasteiger partial charge in [-0.1, -0.05) is 18.2 Å². The Labute approximate surface area is 153 Å². The molecule has 0 unspecified atom stereocenters. The van der Waals surface area contributed by atoms with Crippen molar-refractivity contribution in [2.75, 3.05) is 6.61 Å². The predicted octanol–water partition coefficient (Wildman–Crippen LogP) is 3.54. The molecule has 0 saturated carbocycles. The summed E-state index contributed by atoms with van der Waals surface area (Å²) in [6.07, 6.45) is 5.59. The molecule has 25 heavy (non-hydrogen) atoms. The number of aliphatic hydroxyl groups is 1. The first-order valence-corrected chi connectivity index (χ1v) is 8.68. The number of imidazole rings is 1. The lowest BCUT2D eigenvalue weighted by molar-refractivity contribution is 0.00578. The van der Waals surface area contributed by atoms with Gasteiger partial charge in [0.1, 0.15) is 0 Å². The van der Waals surface area contributed by atoms with E-state index in [9.17, 15) is 5.11 Å². The number of aromatic nitrogens is 2. The first kappa shape index (κ1) is 18.1. The molecular formula is C18H23BN2O3S. The van der Waals surface area contributed by atoms with E-state index in [2.05, 4.69) is 4.98 Å². The molecule has 132 valence electrons. The summed E-state index contributed by atoms with van der Waals surface area (Å²) in [5, 5.41) is 9.78.